The Balaban J connectivity index is 0.000000366. The number of nitrogens with zero attached hydrogens (tertiary/aromatic N) is 2. The van der Waals surface area contributed by atoms with E-state index in [1.54, 1.807) is 0 Å². The fourth-order valence-electron chi connectivity index (χ4n) is 1.90. The largest absolute Gasteiger partial charge is 0.0654 e. The maximum atomic E-state index is 4.40. The fourth-order valence-corrected chi connectivity index (χ4v) is 3.81. The standard InChI is InChI=1S/C7H11N2S.C6H14.Hg/c1-5-4-8-9(3)7(5)6(2)10;1-4-5-6(2)3;/h5,10H,1-3H3;6H,4-5H2,1-3H3;. The molecule has 0 radical (unpaired) electrons. The van der Waals surface area contributed by atoms with Crippen LogP contribution in [0.3, 0.4) is 0 Å². The zero-order chi connectivity index (χ0) is 13.6. The first-order valence-electron chi connectivity index (χ1n) is 6.35. The van der Waals surface area contributed by atoms with Crippen LogP contribution >= 0.6 is 12.6 Å². The van der Waals surface area contributed by atoms with Gasteiger partial charge in [-0.2, -0.15) is 0 Å². The van der Waals surface area contributed by atoms with Gasteiger partial charge >= 0.3 is 89.5 Å². The Labute approximate surface area is 128 Å². The zero-order valence-electron chi connectivity index (χ0n) is 12.1. The van der Waals surface area contributed by atoms with E-state index in [-0.39, 0.29) is 0 Å². The predicted octanol–water partition coefficient (Wildman–Crippen LogP) is 4.03. The molecule has 1 atom stereocenters. The Bertz CT molecular complexity index is 294. The maximum Gasteiger partial charge on any atom is -0.0471 e. The third-order valence-electron chi connectivity index (χ3n) is 2.77. The normalized spacial score (nSPS) is 22.4. The second-order valence-electron chi connectivity index (χ2n) is 4.99. The Morgan fingerprint density at radius 3 is 2.18 bits per heavy atom. The summed E-state index contributed by atoms with van der Waals surface area (Å²) in [5.74, 6) is 1.41. The van der Waals surface area contributed by atoms with Gasteiger partial charge in [0.1, 0.15) is 0 Å². The summed E-state index contributed by atoms with van der Waals surface area (Å²) in [6, 6.07) is 0. The van der Waals surface area contributed by atoms with Crippen LogP contribution in [-0.4, -0.2) is 15.3 Å². The van der Waals surface area contributed by atoms with Crippen molar-refractivity contribution in [2.45, 2.75) is 47.5 Å². The van der Waals surface area contributed by atoms with Crippen molar-refractivity contribution in [1.29, 1.82) is 0 Å². The van der Waals surface area contributed by atoms with Gasteiger partial charge in [-0.25, -0.2) is 0 Å². The van der Waals surface area contributed by atoms with E-state index >= 15 is 0 Å². The van der Waals surface area contributed by atoms with Gasteiger partial charge in [0.15, 0.2) is 0 Å². The number of hydrogen-bond acceptors (Lipinski definition) is 3. The van der Waals surface area contributed by atoms with Gasteiger partial charge in [0.2, 0.25) is 0 Å². The van der Waals surface area contributed by atoms with Crippen LogP contribution in [0.1, 0.15) is 47.5 Å². The number of thiol groups is 1. The second-order valence-corrected chi connectivity index (χ2v) is 8.48. The SMILES string of the molecule is CC(S)=C1C(C)[C]([Hg])=NN1C.CCCC(C)C. The van der Waals surface area contributed by atoms with Gasteiger partial charge < -0.3 is 0 Å². The van der Waals surface area contributed by atoms with E-state index in [4.69, 9.17) is 0 Å². The minimum absolute atomic E-state index is 0.515. The van der Waals surface area contributed by atoms with Gasteiger partial charge in [-0.3, -0.25) is 0 Å². The van der Waals surface area contributed by atoms with Gasteiger partial charge in [0.25, 0.3) is 0 Å². The van der Waals surface area contributed by atoms with Gasteiger partial charge in [0, 0.05) is 0 Å². The summed E-state index contributed by atoms with van der Waals surface area (Å²) in [5, 5.41) is 6.36. The van der Waals surface area contributed by atoms with E-state index in [0.29, 0.717) is 32.0 Å². The van der Waals surface area contributed by atoms with Crippen LogP contribution in [-0.2, 0) is 26.1 Å². The second kappa shape index (κ2) is 8.57. The molecule has 0 fully saturated rings. The topological polar surface area (TPSA) is 15.6 Å². The van der Waals surface area contributed by atoms with Crippen molar-refractivity contribution in [3.05, 3.63) is 10.6 Å². The molecule has 0 aromatic carbocycles. The summed E-state index contributed by atoms with van der Waals surface area (Å²) in [7, 11) is 1.99. The molecule has 2 nitrogen and oxygen atoms in total. The van der Waals surface area contributed by atoms with Crippen LogP contribution in [0.2, 0.25) is 0 Å². The van der Waals surface area contributed by atoms with Crippen molar-refractivity contribution in [3.63, 3.8) is 0 Å². The van der Waals surface area contributed by atoms with Crippen LogP contribution in [0.5, 0.6) is 0 Å². The van der Waals surface area contributed by atoms with E-state index in [2.05, 4.69) is 45.4 Å². The van der Waals surface area contributed by atoms with Crippen molar-refractivity contribution < 1.29 is 26.1 Å². The first-order chi connectivity index (χ1) is 7.81. The molecule has 0 N–H and O–H groups in total. The molecule has 0 spiro atoms. The average Bonchev–Trinajstić information content (AvgIpc) is 2.41. The average molecular weight is 442 g/mol. The quantitative estimate of drug-likeness (QED) is 0.505. The molecule has 1 aliphatic heterocycles. The molecule has 1 rings (SSSR count). The summed E-state index contributed by atoms with van der Waals surface area (Å²) in [6.45, 7) is 10.9. The number of hydrazone groups is 1. The minimum atomic E-state index is 0.515. The fraction of sp³-hybridized carbons (Fsp3) is 0.769. The van der Waals surface area contributed by atoms with Crippen LogP contribution in [0.4, 0.5) is 0 Å². The van der Waals surface area contributed by atoms with Gasteiger partial charge in [0.05, 0.1) is 0 Å². The molecule has 0 aromatic heterocycles. The van der Waals surface area contributed by atoms with Crippen LogP contribution < -0.4 is 0 Å². The molecular weight excluding hydrogens is 417 g/mol. The molecule has 1 unspecified atom stereocenters. The molecular formula is C13H25HgN2S. The first-order valence-corrected chi connectivity index (χ1v) is 9.54. The van der Waals surface area contributed by atoms with Gasteiger partial charge in [-0.05, 0) is 5.92 Å². The number of hydrogen-bond donors (Lipinski definition) is 1. The summed E-state index contributed by atoms with van der Waals surface area (Å²) in [5.41, 5.74) is 1.26. The zero-order valence-corrected chi connectivity index (χ0v) is 18.5. The molecule has 4 heteroatoms. The molecule has 1 aliphatic rings. The van der Waals surface area contributed by atoms with Crippen molar-refractivity contribution in [2.24, 2.45) is 16.9 Å². The molecule has 95 valence electrons. The summed E-state index contributed by atoms with van der Waals surface area (Å²) in [4.78, 5) is 1.09. The van der Waals surface area contributed by atoms with E-state index in [9.17, 15) is 0 Å². The molecule has 0 saturated carbocycles. The predicted molar refractivity (Wildman–Crippen MR) is 75.8 cm³/mol. The van der Waals surface area contributed by atoms with Crippen LogP contribution in [0.15, 0.2) is 15.7 Å². The monoisotopic (exact) mass is 443 g/mol. The molecule has 0 bridgehead atoms. The third-order valence-corrected chi connectivity index (χ3v) is 5.93. The van der Waals surface area contributed by atoms with Crippen LogP contribution in [0.25, 0.3) is 0 Å². The maximum absolute atomic E-state index is 4.40. The third kappa shape index (κ3) is 6.28. The molecule has 17 heavy (non-hydrogen) atoms. The van der Waals surface area contributed by atoms with Crippen molar-refractivity contribution in [1.82, 2.24) is 5.01 Å². The van der Waals surface area contributed by atoms with E-state index in [1.807, 2.05) is 19.0 Å². The minimum Gasteiger partial charge on any atom is -0.0654 e. The first kappa shape index (κ1) is 17.5. The number of rotatable bonds is 2. The smallest absolute Gasteiger partial charge is 0.0471 e. The Morgan fingerprint density at radius 1 is 1.53 bits per heavy atom. The molecule has 0 aromatic rings. The van der Waals surface area contributed by atoms with Gasteiger partial charge in [-0.15, -0.1) is 0 Å². The van der Waals surface area contributed by atoms with Gasteiger partial charge in [-0.1, -0.05) is 33.6 Å². The van der Waals surface area contributed by atoms with E-state index in [0.717, 1.165) is 10.8 Å². The summed E-state index contributed by atoms with van der Waals surface area (Å²) >= 11 is 4.99. The Hall–Kier alpha value is 0.495. The number of allylic oxidation sites excluding steroid dienone is 2. The molecule has 1 heterocycles. The van der Waals surface area contributed by atoms with Crippen molar-refractivity contribution in [3.8, 4) is 0 Å². The molecule has 0 aliphatic carbocycles. The molecule has 0 amide bonds. The van der Waals surface area contributed by atoms with E-state index < -0.39 is 0 Å². The Morgan fingerprint density at radius 2 is 2.06 bits per heavy atom. The summed E-state index contributed by atoms with van der Waals surface area (Å²) < 4.78 is 1.36. The molecule has 0 saturated heterocycles. The van der Waals surface area contributed by atoms with Crippen LogP contribution in [0, 0.1) is 11.8 Å². The van der Waals surface area contributed by atoms with Crippen molar-refractivity contribution in [2.75, 3.05) is 7.05 Å². The van der Waals surface area contributed by atoms with Crippen molar-refractivity contribution >= 4 is 15.8 Å². The Kier molecular flexibility index (Phi) is 8.82. The summed E-state index contributed by atoms with van der Waals surface area (Å²) in [6.07, 6.45) is 2.71. The van der Waals surface area contributed by atoms with E-state index in [1.165, 1.54) is 21.8 Å².